The number of hydrogen-bond acceptors (Lipinski definition) is 3. The van der Waals surface area contributed by atoms with Gasteiger partial charge >= 0.3 is 6.09 Å². The molecule has 0 saturated carbocycles. The highest BCUT2D eigenvalue weighted by Crippen LogP contribution is 2.08. The Morgan fingerprint density at radius 3 is 2.65 bits per heavy atom. The van der Waals surface area contributed by atoms with E-state index in [-0.39, 0.29) is 12.5 Å². The summed E-state index contributed by atoms with van der Waals surface area (Å²) in [6.45, 7) is 0.574. The SMILES string of the molecule is CN1OC(=O)N(CCc2ccccc2)CC1=O. The van der Waals surface area contributed by atoms with Crippen LogP contribution in [0.1, 0.15) is 5.56 Å². The number of hydroxylamine groups is 2. The summed E-state index contributed by atoms with van der Waals surface area (Å²) in [5.41, 5.74) is 1.13. The van der Waals surface area contributed by atoms with Crippen LogP contribution >= 0.6 is 0 Å². The summed E-state index contributed by atoms with van der Waals surface area (Å²) in [6.07, 6.45) is 0.246. The highest BCUT2D eigenvalue weighted by atomic mass is 16.7. The van der Waals surface area contributed by atoms with Gasteiger partial charge in [0.1, 0.15) is 6.54 Å². The number of benzene rings is 1. The molecule has 2 amide bonds. The standard InChI is InChI=1S/C12H14N2O3/c1-13-11(15)9-14(12(16)17-13)8-7-10-5-3-2-4-6-10/h2-6H,7-9H2,1H3. The van der Waals surface area contributed by atoms with Gasteiger partial charge in [-0.2, -0.15) is 5.06 Å². The van der Waals surface area contributed by atoms with E-state index in [4.69, 9.17) is 4.84 Å². The van der Waals surface area contributed by atoms with Crippen LogP contribution in [0.25, 0.3) is 0 Å². The van der Waals surface area contributed by atoms with E-state index in [0.29, 0.717) is 13.0 Å². The summed E-state index contributed by atoms with van der Waals surface area (Å²) in [5.74, 6) is -0.210. The summed E-state index contributed by atoms with van der Waals surface area (Å²) in [5, 5.41) is 0.974. The van der Waals surface area contributed by atoms with Crippen molar-refractivity contribution in [1.29, 1.82) is 0 Å². The number of carbonyl (C=O) groups excluding carboxylic acids is 2. The number of nitrogens with zero attached hydrogens (tertiary/aromatic N) is 2. The van der Waals surface area contributed by atoms with Crippen molar-refractivity contribution < 1.29 is 14.4 Å². The van der Waals surface area contributed by atoms with Crippen LogP contribution in [0.5, 0.6) is 0 Å². The molecule has 17 heavy (non-hydrogen) atoms. The first-order valence-corrected chi connectivity index (χ1v) is 5.44. The predicted octanol–water partition coefficient (Wildman–Crippen LogP) is 1.05. The fraction of sp³-hybridized carbons (Fsp3) is 0.333. The van der Waals surface area contributed by atoms with Gasteiger partial charge in [-0.3, -0.25) is 9.69 Å². The van der Waals surface area contributed by atoms with Crippen LogP contribution in [0.4, 0.5) is 4.79 Å². The van der Waals surface area contributed by atoms with Crippen LogP contribution in [0.2, 0.25) is 0 Å². The van der Waals surface area contributed by atoms with Gasteiger partial charge in [0, 0.05) is 13.6 Å². The van der Waals surface area contributed by atoms with E-state index in [9.17, 15) is 9.59 Å². The number of likely N-dealkylation sites (N-methyl/N-ethyl adjacent to an activating group) is 1. The third kappa shape index (κ3) is 2.75. The molecule has 0 radical (unpaired) electrons. The maximum absolute atomic E-state index is 11.5. The number of carbonyl (C=O) groups is 2. The molecule has 0 spiro atoms. The molecular formula is C12H14N2O3. The van der Waals surface area contributed by atoms with Crippen LogP contribution in [0, 0.1) is 0 Å². The first-order valence-electron chi connectivity index (χ1n) is 5.44. The zero-order valence-corrected chi connectivity index (χ0v) is 9.63. The van der Waals surface area contributed by atoms with Crippen LogP contribution in [-0.4, -0.2) is 42.1 Å². The van der Waals surface area contributed by atoms with E-state index < -0.39 is 6.09 Å². The Hall–Kier alpha value is -2.04. The quantitative estimate of drug-likeness (QED) is 0.785. The average Bonchev–Trinajstić information content (AvgIpc) is 2.33. The zero-order chi connectivity index (χ0) is 12.3. The minimum atomic E-state index is -0.469. The normalized spacial score (nSPS) is 16.1. The van der Waals surface area contributed by atoms with Gasteiger partial charge in [-0.15, -0.1) is 0 Å². The first-order chi connectivity index (χ1) is 8.16. The summed E-state index contributed by atoms with van der Waals surface area (Å²) in [4.78, 5) is 29.0. The smallest absolute Gasteiger partial charge is 0.319 e. The summed E-state index contributed by atoms with van der Waals surface area (Å²) >= 11 is 0. The van der Waals surface area contributed by atoms with Crippen molar-refractivity contribution in [3.8, 4) is 0 Å². The number of amides is 2. The molecule has 2 rings (SSSR count). The van der Waals surface area contributed by atoms with E-state index in [2.05, 4.69) is 0 Å². The maximum Gasteiger partial charge on any atom is 0.434 e. The maximum atomic E-state index is 11.5. The molecule has 0 unspecified atom stereocenters. The van der Waals surface area contributed by atoms with E-state index >= 15 is 0 Å². The fourth-order valence-electron chi connectivity index (χ4n) is 1.63. The van der Waals surface area contributed by atoms with Crippen LogP contribution < -0.4 is 0 Å². The van der Waals surface area contributed by atoms with Gasteiger partial charge in [0.25, 0.3) is 5.91 Å². The van der Waals surface area contributed by atoms with Crippen molar-refractivity contribution in [3.05, 3.63) is 35.9 Å². The lowest BCUT2D eigenvalue weighted by Crippen LogP contribution is -2.50. The summed E-state index contributed by atoms with van der Waals surface area (Å²) < 4.78 is 0. The van der Waals surface area contributed by atoms with Crippen LogP contribution in [0.3, 0.4) is 0 Å². The van der Waals surface area contributed by atoms with E-state index in [1.165, 1.54) is 11.9 Å². The van der Waals surface area contributed by atoms with Gasteiger partial charge in [0.2, 0.25) is 0 Å². The summed E-state index contributed by atoms with van der Waals surface area (Å²) in [6, 6.07) is 9.81. The molecule has 1 fully saturated rings. The largest absolute Gasteiger partial charge is 0.434 e. The van der Waals surface area contributed by atoms with Gasteiger partial charge in [0.15, 0.2) is 0 Å². The van der Waals surface area contributed by atoms with Crippen molar-refractivity contribution in [2.24, 2.45) is 0 Å². The molecule has 1 aromatic carbocycles. The lowest BCUT2D eigenvalue weighted by atomic mass is 10.1. The zero-order valence-electron chi connectivity index (χ0n) is 9.63. The van der Waals surface area contributed by atoms with Crippen molar-refractivity contribution in [2.45, 2.75) is 6.42 Å². The Bertz CT molecular complexity index is 419. The second-order valence-corrected chi connectivity index (χ2v) is 3.91. The molecule has 1 heterocycles. The molecule has 0 N–H and O–H groups in total. The molecule has 90 valence electrons. The molecule has 5 nitrogen and oxygen atoms in total. The van der Waals surface area contributed by atoms with Crippen LogP contribution in [0.15, 0.2) is 30.3 Å². The van der Waals surface area contributed by atoms with Crippen molar-refractivity contribution in [3.63, 3.8) is 0 Å². The lowest BCUT2D eigenvalue weighted by Gasteiger charge is -2.30. The van der Waals surface area contributed by atoms with Crippen molar-refractivity contribution >= 4 is 12.0 Å². The summed E-state index contributed by atoms with van der Waals surface area (Å²) in [7, 11) is 1.44. The molecule has 1 aliphatic rings. The van der Waals surface area contributed by atoms with E-state index in [0.717, 1.165) is 10.6 Å². The highest BCUT2D eigenvalue weighted by molar-refractivity contribution is 5.85. The highest BCUT2D eigenvalue weighted by Gasteiger charge is 2.28. The van der Waals surface area contributed by atoms with Gasteiger partial charge in [0.05, 0.1) is 0 Å². The fourth-order valence-corrected chi connectivity index (χ4v) is 1.63. The van der Waals surface area contributed by atoms with Crippen molar-refractivity contribution in [2.75, 3.05) is 20.1 Å². The third-order valence-electron chi connectivity index (χ3n) is 2.66. The Labute approximate surface area is 99.5 Å². The molecule has 0 aromatic heterocycles. The third-order valence-corrected chi connectivity index (χ3v) is 2.66. The monoisotopic (exact) mass is 234 g/mol. The Morgan fingerprint density at radius 1 is 1.24 bits per heavy atom. The number of hydrogen-bond donors (Lipinski definition) is 0. The first kappa shape index (κ1) is 11.4. The lowest BCUT2D eigenvalue weighted by molar-refractivity contribution is -0.172. The molecule has 0 bridgehead atoms. The molecule has 5 heteroatoms. The second-order valence-electron chi connectivity index (χ2n) is 3.91. The van der Waals surface area contributed by atoms with Gasteiger partial charge in [-0.1, -0.05) is 30.3 Å². The molecule has 0 atom stereocenters. The van der Waals surface area contributed by atoms with E-state index in [1.54, 1.807) is 0 Å². The molecule has 1 aliphatic heterocycles. The minimum absolute atomic E-state index is 0.0855. The molecule has 0 aliphatic carbocycles. The van der Waals surface area contributed by atoms with Crippen molar-refractivity contribution in [1.82, 2.24) is 9.96 Å². The number of rotatable bonds is 3. The van der Waals surface area contributed by atoms with Gasteiger partial charge in [-0.05, 0) is 12.0 Å². The average molecular weight is 234 g/mol. The Kier molecular flexibility index (Phi) is 3.27. The topological polar surface area (TPSA) is 49.9 Å². The van der Waals surface area contributed by atoms with Gasteiger partial charge < -0.3 is 4.84 Å². The molecular weight excluding hydrogens is 220 g/mol. The predicted molar refractivity (Wildman–Crippen MR) is 61.0 cm³/mol. The molecule has 1 aromatic rings. The Morgan fingerprint density at radius 2 is 1.94 bits per heavy atom. The van der Waals surface area contributed by atoms with Gasteiger partial charge in [-0.25, -0.2) is 4.79 Å². The second kappa shape index (κ2) is 4.86. The van der Waals surface area contributed by atoms with Crippen LogP contribution in [-0.2, 0) is 16.1 Å². The minimum Gasteiger partial charge on any atom is -0.319 e. The molecule has 1 saturated heterocycles. The van der Waals surface area contributed by atoms with E-state index in [1.807, 2.05) is 30.3 Å². The Balaban J connectivity index is 1.91.